The first-order valence-corrected chi connectivity index (χ1v) is 8.81. The number of hydrogen-bond acceptors (Lipinski definition) is 2. The quantitative estimate of drug-likeness (QED) is 0.519. The molecule has 0 aliphatic carbocycles. The number of nitrogens with zero attached hydrogens (tertiary/aromatic N) is 2. The van der Waals surface area contributed by atoms with Crippen LogP contribution in [0.5, 0.6) is 0 Å². The van der Waals surface area contributed by atoms with Crippen molar-refractivity contribution in [3.63, 3.8) is 0 Å². The highest BCUT2D eigenvalue weighted by Gasteiger charge is 2.15. The SMILES string of the molecule is CCCCCCCN1CCN(CCCCCC)CC1. The van der Waals surface area contributed by atoms with Gasteiger partial charge in [-0.15, -0.1) is 0 Å². The average molecular weight is 268 g/mol. The molecule has 0 radical (unpaired) electrons. The zero-order valence-electron chi connectivity index (χ0n) is 13.5. The van der Waals surface area contributed by atoms with Crippen molar-refractivity contribution in [2.24, 2.45) is 0 Å². The Morgan fingerprint density at radius 1 is 0.526 bits per heavy atom. The van der Waals surface area contributed by atoms with E-state index < -0.39 is 0 Å². The highest BCUT2D eigenvalue weighted by molar-refractivity contribution is 4.71. The van der Waals surface area contributed by atoms with Crippen LogP contribution in [0.1, 0.15) is 71.6 Å². The van der Waals surface area contributed by atoms with Crippen LogP contribution in [-0.2, 0) is 0 Å². The standard InChI is InChI=1S/C17H36N2/c1-3-5-7-9-11-13-19-16-14-18(15-17-19)12-10-8-6-4-2/h3-17H2,1-2H3. The summed E-state index contributed by atoms with van der Waals surface area (Å²) in [5.41, 5.74) is 0. The summed E-state index contributed by atoms with van der Waals surface area (Å²) in [6.45, 7) is 12.5. The number of piperazine rings is 1. The van der Waals surface area contributed by atoms with E-state index in [1.807, 2.05) is 0 Å². The van der Waals surface area contributed by atoms with E-state index in [9.17, 15) is 0 Å². The predicted octanol–water partition coefficient (Wildman–Crippen LogP) is 4.15. The topological polar surface area (TPSA) is 6.48 Å². The van der Waals surface area contributed by atoms with Crippen LogP contribution in [0, 0.1) is 0 Å². The molecule has 19 heavy (non-hydrogen) atoms. The van der Waals surface area contributed by atoms with Gasteiger partial charge in [-0.1, -0.05) is 58.8 Å². The highest BCUT2D eigenvalue weighted by atomic mass is 15.3. The molecular weight excluding hydrogens is 232 g/mol. The summed E-state index contributed by atoms with van der Waals surface area (Å²) in [5, 5.41) is 0. The van der Waals surface area contributed by atoms with Gasteiger partial charge in [0.15, 0.2) is 0 Å². The molecule has 0 aromatic carbocycles. The van der Waals surface area contributed by atoms with Crippen LogP contribution in [0.4, 0.5) is 0 Å². The molecule has 1 fully saturated rings. The van der Waals surface area contributed by atoms with Crippen LogP contribution in [0.3, 0.4) is 0 Å². The van der Waals surface area contributed by atoms with Gasteiger partial charge in [-0.05, 0) is 25.9 Å². The van der Waals surface area contributed by atoms with E-state index in [-0.39, 0.29) is 0 Å². The Labute approximate surface area is 121 Å². The summed E-state index contributed by atoms with van der Waals surface area (Å²) in [4.78, 5) is 5.34. The highest BCUT2D eigenvalue weighted by Crippen LogP contribution is 2.08. The molecule has 1 aliphatic rings. The molecule has 0 atom stereocenters. The molecule has 0 aromatic rings. The number of unbranched alkanes of at least 4 members (excludes halogenated alkanes) is 7. The first-order chi connectivity index (χ1) is 9.36. The first kappa shape index (κ1) is 17.0. The first-order valence-electron chi connectivity index (χ1n) is 8.81. The minimum Gasteiger partial charge on any atom is -0.301 e. The normalized spacial score (nSPS) is 18.0. The third-order valence-electron chi connectivity index (χ3n) is 4.37. The zero-order chi connectivity index (χ0) is 13.8. The van der Waals surface area contributed by atoms with Crippen molar-refractivity contribution in [2.75, 3.05) is 39.3 Å². The van der Waals surface area contributed by atoms with Gasteiger partial charge in [0.25, 0.3) is 0 Å². The fourth-order valence-corrected chi connectivity index (χ4v) is 2.94. The Hall–Kier alpha value is -0.0800. The maximum Gasteiger partial charge on any atom is 0.0110 e. The summed E-state index contributed by atoms with van der Waals surface area (Å²) in [5.74, 6) is 0. The Balaban J connectivity index is 1.93. The van der Waals surface area contributed by atoms with Crippen molar-refractivity contribution in [3.8, 4) is 0 Å². The van der Waals surface area contributed by atoms with Crippen LogP contribution in [0.2, 0.25) is 0 Å². The molecule has 114 valence electrons. The van der Waals surface area contributed by atoms with Crippen molar-refractivity contribution in [2.45, 2.75) is 71.6 Å². The van der Waals surface area contributed by atoms with Crippen LogP contribution in [-0.4, -0.2) is 49.1 Å². The summed E-state index contributed by atoms with van der Waals surface area (Å²) in [6.07, 6.45) is 12.7. The van der Waals surface area contributed by atoms with Gasteiger partial charge in [0, 0.05) is 26.2 Å². The maximum atomic E-state index is 2.68. The van der Waals surface area contributed by atoms with E-state index in [1.54, 1.807) is 0 Å². The summed E-state index contributed by atoms with van der Waals surface area (Å²) in [6, 6.07) is 0. The molecule has 0 aromatic heterocycles. The van der Waals surface area contributed by atoms with Crippen molar-refractivity contribution < 1.29 is 0 Å². The van der Waals surface area contributed by atoms with Crippen LogP contribution < -0.4 is 0 Å². The molecule has 0 N–H and O–H groups in total. The van der Waals surface area contributed by atoms with Crippen molar-refractivity contribution in [1.82, 2.24) is 9.80 Å². The molecule has 1 saturated heterocycles. The molecule has 0 amide bonds. The lowest BCUT2D eigenvalue weighted by molar-refractivity contribution is 0.129. The van der Waals surface area contributed by atoms with Crippen LogP contribution in [0.15, 0.2) is 0 Å². The molecule has 0 spiro atoms. The van der Waals surface area contributed by atoms with Gasteiger partial charge >= 0.3 is 0 Å². The summed E-state index contributed by atoms with van der Waals surface area (Å²) < 4.78 is 0. The van der Waals surface area contributed by atoms with Gasteiger partial charge in [-0.25, -0.2) is 0 Å². The van der Waals surface area contributed by atoms with Gasteiger partial charge in [-0.3, -0.25) is 0 Å². The molecule has 0 saturated carbocycles. The third kappa shape index (κ3) is 8.65. The van der Waals surface area contributed by atoms with Crippen LogP contribution >= 0.6 is 0 Å². The van der Waals surface area contributed by atoms with E-state index in [2.05, 4.69) is 23.6 Å². The summed E-state index contributed by atoms with van der Waals surface area (Å²) >= 11 is 0. The molecule has 1 aliphatic heterocycles. The number of hydrogen-bond donors (Lipinski definition) is 0. The second-order valence-corrected chi connectivity index (χ2v) is 6.16. The lowest BCUT2D eigenvalue weighted by Crippen LogP contribution is -2.46. The second kappa shape index (κ2) is 11.7. The zero-order valence-corrected chi connectivity index (χ0v) is 13.5. The molecular formula is C17H36N2. The van der Waals surface area contributed by atoms with E-state index in [1.165, 1.54) is 97.1 Å². The van der Waals surface area contributed by atoms with Gasteiger partial charge in [0.05, 0.1) is 0 Å². The predicted molar refractivity (Wildman–Crippen MR) is 85.8 cm³/mol. The molecule has 1 rings (SSSR count). The van der Waals surface area contributed by atoms with Gasteiger partial charge in [-0.2, -0.15) is 0 Å². The van der Waals surface area contributed by atoms with E-state index >= 15 is 0 Å². The fraction of sp³-hybridized carbons (Fsp3) is 1.00. The van der Waals surface area contributed by atoms with Crippen molar-refractivity contribution >= 4 is 0 Å². The Morgan fingerprint density at radius 2 is 0.895 bits per heavy atom. The minimum atomic E-state index is 1.31. The molecule has 2 nitrogen and oxygen atoms in total. The second-order valence-electron chi connectivity index (χ2n) is 6.16. The molecule has 0 bridgehead atoms. The third-order valence-corrected chi connectivity index (χ3v) is 4.37. The molecule has 2 heteroatoms. The van der Waals surface area contributed by atoms with Crippen molar-refractivity contribution in [3.05, 3.63) is 0 Å². The van der Waals surface area contributed by atoms with Gasteiger partial charge in [0.2, 0.25) is 0 Å². The fourth-order valence-electron chi connectivity index (χ4n) is 2.94. The van der Waals surface area contributed by atoms with Gasteiger partial charge in [0.1, 0.15) is 0 Å². The molecule has 1 heterocycles. The van der Waals surface area contributed by atoms with Crippen LogP contribution in [0.25, 0.3) is 0 Å². The maximum absolute atomic E-state index is 2.68. The summed E-state index contributed by atoms with van der Waals surface area (Å²) in [7, 11) is 0. The van der Waals surface area contributed by atoms with Crippen molar-refractivity contribution in [1.29, 1.82) is 0 Å². The molecule has 0 unspecified atom stereocenters. The average Bonchev–Trinajstić information content (AvgIpc) is 2.45. The Bertz CT molecular complexity index is 186. The minimum absolute atomic E-state index is 1.31. The number of rotatable bonds is 11. The smallest absolute Gasteiger partial charge is 0.0110 e. The van der Waals surface area contributed by atoms with E-state index in [0.29, 0.717) is 0 Å². The Kier molecular flexibility index (Phi) is 10.5. The van der Waals surface area contributed by atoms with E-state index in [0.717, 1.165) is 0 Å². The van der Waals surface area contributed by atoms with Gasteiger partial charge < -0.3 is 9.80 Å². The monoisotopic (exact) mass is 268 g/mol. The Morgan fingerprint density at radius 3 is 1.32 bits per heavy atom. The lowest BCUT2D eigenvalue weighted by atomic mass is 10.1. The lowest BCUT2D eigenvalue weighted by Gasteiger charge is -2.34. The van der Waals surface area contributed by atoms with E-state index in [4.69, 9.17) is 0 Å². The largest absolute Gasteiger partial charge is 0.301 e.